The van der Waals surface area contributed by atoms with Gasteiger partial charge < -0.3 is 15.8 Å². The Balaban J connectivity index is 0.00000240. The number of aliphatic imine (C=N–C) groups is 1. The predicted molar refractivity (Wildman–Crippen MR) is 127 cm³/mol. The molecule has 1 fully saturated rings. The number of guanidine groups is 1. The molecule has 0 saturated carbocycles. The second-order valence-corrected chi connectivity index (χ2v) is 7.88. The summed E-state index contributed by atoms with van der Waals surface area (Å²) in [5.74, 6) is 0.219. The van der Waals surface area contributed by atoms with E-state index >= 15 is 0 Å². The molecule has 2 aromatic rings. The highest BCUT2D eigenvalue weighted by molar-refractivity contribution is 14.0. The maximum absolute atomic E-state index is 13.4. The molecule has 1 aliphatic carbocycles. The van der Waals surface area contributed by atoms with Gasteiger partial charge in [0, 0.05) is 24.3 Å². The Labute approximate surface area is 189 Å². The minimum atomic E-state index is -0.218. The molecule has 29 heavy (non-hydrogen) atoms. The number of aryl methyl sites for hydroxylation is 1. The monoisotopic (exact) mass is 509 g/mol. The van der Waals surface area contributed by atoms with Gasteiger partial charge in [0.25, 0.3) is 0 Å². The first kappa shape index (κ1) is 22.0. The van der Waals surface area contributed by atoms with E-state index in [4.69, 9.17) is 15.5 Å². The lowest BCUT2D eigenvalue weighted by Crippen LogP contribution is -2.38. The molecule has 2 aliphatic rings. The molecule has 0 radical (unpaired) electrons. The molecule has 6 heteroatoms. The molecule has 4 nitrogen and oxygen atoms in total. The van der Waals surface area contributed by atoms with Crippen LogP contribution < -0.4 is 11.1 Å². The lowest BCUT2D eigenvalue weighted by atomic mass is 9.74. The molecular formula is C23H29FIN3O. The molecule has 1 aliphatic heterocycles. The van der Waals surface area contributed by atoms with Crippen LogP contribution in [0.3, 0.4) is 0 Å². The summed E-state index contributed by atoms with van der Waals surface area (Å²) in [6.07, 6.45) is 6.41. The fourth-order valence-electron chi connectivity index (χ4n) is 4.42. The number of hydrogen-bond acceptors (Lipinski definition) is 2. The Hall–Kier alpha value is -1.67. The van der Waals surface area contributed by atoms with E-state index in [0.717, 1.165) is 36.9 Å². The Bertz CT molecular complexity index is 848. The second-order valence-electron chi connectivity index (χ2n) is 7.88. The summed E-state index contributed by atoms with van der Waals surface area (Å²) >= 11 is 0. The summed E-state index contributed by atoms with van der Waals surface area (Å²) in [5.41, 5.74) is 11.1. The first-order chi connectivity index (χ1) is 13.7. The molecule has 0 amide bonds. The zero-order valence-corrected chi connectivity index (χ0v) is 19.0. The Morgan fingerprint density at radius 3 is 2.55 bits per heavy atom. The van der Waals surface area contributed by atoms with Gasteiger partial charge in [-0.05, 0) is 73.4 Å². The van der Waals surface area contributed by atoms with E-state index in [0.29, 0.717) is 25.7 Å². The van der Waals surface area contributed by atoms with Gasteiger partial charge in [0.1, 0.15) is 5.82 Å². The van der Waals surface area contributed by atoms with Gasteiger partial charge in [-0.25, -0.2) is 4.39 Å². The van der Waals surface area contributed by atoms with E-state index in [-0.39, 0.29) is 35.2 Å². The lowest BCUT2D eigenvalue weighted by Gasteiger charge is -2.36. The Kier molecular flexibility index (Phi) is 7.51. The predicted octanol–water partition coefficient (Wildman–Crippen LogP) is 4.80. The van der Waals surface area contributed by atoms with Gasteiger partial charge in [-0.3, -0.25) is 4.99 Å². The number of benzene rings is 2. The van der Waals surface area contributed by atoms with Crippen LogP contribution in [0.1, 0.15) is 42.4 Å². The van der Waals surface area contributed by atoms with Crippen molar-refractivity contribution in [2.45, 2.75) is 43.9 Å². The molecule has 3 N–H and O–H groups in total. The van der Waals surface area contributed by atoms with Gasteiger partial charge in [0.15, 0.2) is 5.96 Å². The molecule has 1 heterocycles. The smallest absolute Gasteiger partial charge is 0.193 e. The number of halogens is 2. The van der Waals surface area contributed by atoms with Crippen LogP contribution in [0.2, 0.25) is 0 Å². The van der Waals surface area contributed by atoms with Crippen molar-refractivity contribution >= 4 is 35.6 Å². The quantitative estimate of drug-likeness (QED) is 0.354. The van der Waals surface area contributed by atoms with Crippen molar-refractivity contribution in [2.24, 2.45) is 10.7 Å². The van der Waals surface area contributed by atoms with E-state index in [1.807, 2.05) is 12.1 Å². The largest absolute Gasteiger partial charge is 0.381 e. The number of rotatable bonds is 4. The van der Waals surface area contributed by atoms with Crippen LogP contribution in [0, 0.1) is 5.82 Å². The van der Waals surface area contributed by atoms with Gasteiger partial charge >= 0.3 is 0 Å². The molecule has 0 aromatic heterocycles. The van der Waals surface area contributed by atoms with Gasteiger partial charge in [-0.1, -0.05) is 24.3 Å². The molecule has 1 saturated heterocycles. The molecule has 0 unspecified atom stereocenters. The van der Waals surface area contributed by atoms with Crippen molar-refractivity contribution in [1.29, 1.82) is 0 Å². The van der Waals surface area contributed by atoms with Crippen molar-refractivity contribution < 1.29 is 9.13 Å². The number of nitrogens with zero attached hydrogens (tertiary/aromatic N) is 1. The van der Waals surface area contributed by atoms with Crippen LogP contribution >= 0.6 is 24.0 Å². The van der Waals surface area contributed by atoms with Crippen molar-refractivity contribution in [2.75, 3.05) is 25.1 Å². The van der Waals surface area contributed by atoms with Crippen molar-refractivity contribution in [3.63, 3.8) is 0 Å². The van der Waals surface area contributed by atoms with Gasteiger partial charge in [0.2, 0.25) is 0 Å². The van der Waals surface area contributed by atoms with Crippen LogP contribution in [-0.2, 0) is 23.0 Å². The number of ether oxygens (including phenoxy) is 1. The molecule has 2 aromatic carbocycles. The maximum Gasteiger partial charge on any atom is 0.193 e. The normalized spacial score (nSPS) is 18.4. The SMILES string of the molecule is I.NC(=NCC1(c2ccc(F)cc2)CCOCC1)Nc1cccc2c1CCCC2. The minimum absolute atomic E-state index is 0. The van der Waals surface area contributed by atoms with Crippen molar-refractivity contribution in [1.82, 2.24) is 0 Å². The van der Waals surface area contributed by atoms with Gasteiger partial charge in [0.05, 0.1) is 6.54 Å². The van der Waals surface area contributed by atoms with E-state index in [9.17, 15) is 4.39 Å². The third kappa shape index (κ3) is 5.09. The van der Waals surface area contributed by atoms with E-state index < -0.39 is 0 Å². The number of anilines is 1. The summed E-state index contributed by atoms with van der Waals surface area (Å²) in [6.45, 7) is 1.94. The Morgan fingerprint density at radius 1 is 1.07 bits per heavy atom. The number of nitrogens with one attached hydrogen (secondary N) is 1. The molecule has 4 rings (SSSR count). The van der Waals surface area contributed by atoms with Crippen LogP contribution in [0.25, 0.3) is 0 Å². The Morgan fingerprint density at radius 2 is 1.79 bits per heavy atom. The summed E-state index contributed by atoms with van der Waals surface area (Å²) in [4.78, 5) is 4.70. The fraction of sp³-hybridized carbons (Fsp3) is 0.435. The lowest BCUT2D eigenvalue weighted by molar-refractivity contribution is 0.0531. The topological polar surface area (TPSA) is 59.6 Å². The first-order valence-electron chi connectivity index (χ1n) is 10.2. The molecule has 156 valence electrons. The zero-order chi connectivity index (χ0) is 19.4. The molecular weight excluding hydrogens is 480 g/mol. The average molecular weight is 509 g/mol. The summed E-state index contributed by atoms with van der Waals surface area (Å²) in [5, 5.41) is 3.32. The highest BCUT2D eigenvalue weighted by atomic mass is 127. The molecule has 0 atom stereocenters. The van der Waals surface area contributed by atoms with E-state index in [1.165, 1.54) is 36.1 Å². The minimum Gasteiger partial charge on any atom is -0.381 e. The van der Waals surface area contributed by atoms with Crippen LogP contribution in [0.15, 0.2) is 47.5 Å². The van der Waals surface area contributed by atoms with Crippen LogP contribution in [-0.4, -0.2) is 25.7 Å². The number of hydrogen-bond donors (Lipinski definition) is 2. The highest BCUT2D eigenvalue weighted by Crippen LogP contribution is 2.35. The standard InChI is InChI=1S/C23H28FN3O.HI/c24-19-10-8-18(9-11-19)23(12-14-28-15-13-23)16-26-22(25)27-21-7-3-5-17-4-1-2-6-20(17)21;/h3,5,7-11H,1-2,4,6,12-16H2,(H3,25,26,27);1H. The maximum atomic E-state index is 13.4. The highest BCUT2D eigenvalue weighted by Gasteiger charge is 2.34. The molecule has 0 spiro atoms. The number of fused-ring (bicyclic) bond motifs is 1. The van der Waals surface area contributed by atoms with Crippen molar-refractivity contribution in [3.8, 4) is 0 Å². The van der Waals surface area contributed by atoms with Gasteiger partial charge in [-0.15, -0.1) is 24.0 Å². The number of nitrogens with two attached hydrogens (primary N) is 1. The molecule has 0 bridgehead atoms. The zero-order valence-electron chi connectivity index (χ0n) is 16.6. The second kappa shape index (κ2) is 9.89. The average Bonchev–Trinajstić information content (AvgIpc) is 2.74. The fourth-order valence-corrected chi connectivity index (χ4v) is 4.42. The first-order valence-corrected chi connectivity index (χ1v) is 10.2. The van der Waals surface area contributed by atoms with E-state index in [1.54, 1.807) is 0 Å². The summed E-state index contributed by atoms with van der Waals surface area (Å²) in [6, 6.07) is 13.1. The van der Waals surface area contributed by atoms with Crippen molar-refractivity contribution in [3.05, 3.63) is 65.0 Å². The van der Waals surface area contributed by atoms with E-state index in [2.05, 4.69) is 23.5 Å². The van der Waals surface area contributed by atoms with Gasteiger partial charge in [-0.2, -0.15) is 0 Å². The van der Waals surface area contributed by atoms with Crippen LogP contribution in [0.5, 0.6) is 0 Å². The summed E-state index contributed by atoms with van der Waals surface area (Å²) < 4.78 is 19.0. The third-order valence-corrected chi connectivity index (χ3v) is 6.12. The summed E-state index contributed by atoms with van der Waals surface area (Å²) in [7, 11) is 0. The third-order valence-electron chi connectivity index (χ3n) is 6.12. The van der Waals surface area contributed by atoms with Crippen LogP contribution in [0.4, 0.5) is 10.1 Å².